The van der Waals surface area contributed by atoms with Gasteiger partial charge in [-0.05, 0) is 0 Å². The smallest absolute Gasteiger partial charge is 0.241 e. The second-order valence-corrected chi connectivity index (χ2v) is 2.05. The molecular formula is C7H4F6. The molecule has 0 nitrogen and oxygen atoms in total. The minimum Gasteiger partial charge on any atom is -0.241 e. The van der Waals surface area contributed by atoms with Crippen LogP contribution in [0.1, 0.15) is 6.42 Å². The molecular weight excluding hydrogens is 198 g/mol. The van der Waals surface area contributed by atoms with Crippen LogP contribution in [0.5, 0.6) is 0 Å². The molecule has 0 radical (unpaired) electrons. The third kappa shape index (κ3) is 3.40. The first-order valence-corrected chi connectivity index (χ1v) is 3.00. The van der Waals surface area contributed by atoms with Crippen LogP contribution in [-0.2, 0) is 0 Å². The molecule has 0 bridgehead atoms. The minimum atomic E-state index is -5.38. The Hall–Kier alpha value is -1.12. The van der Waals surface area contributed by atoms with Crippen molar-refractivity contribution in [2.45, 2.75) is 18.8 Å². The third-order valence-electron chi connectivity index (χ3n) is 1.12. The first-order chi connectivity index (χ1) is 5.80. The van der Waals surface area contributed by atoms with E-state index in [1.807, 2.05) is 0 Å². The summed E-state index contributed by atoms with van der Waals surface area (Å²) in [5.41, 5.74) is -2.49. The van der Waals surface area contributed by atoms with E-state index in [1.165, 1.54) is 5.92 Å². The van der Waals surface area contributed by atoms with Crippen LogP contribution in [0.25, 0.3) is 0 Å². The molecule has 0 aliphatic rings. The van der Waals surface area contributed by atoms with Crippen LogP contribution in [0.15, 0.2) is 11.7 Å². The molecule has 0 rings (SSSR count). The summed E-state index contributed by atoms with van der Waals surface area (Å²) in [6.07, 6.45) is -7.87. The SMILES string of the molecule is C#CCC(F)C(=C(F)F)C(F)(F)F. The Morgan fingerprint density at radius 1 is 1.31 bits per heavy atom. The number of hydrogen-bond acceptors (Lipinski definition) is 0. The topological polar surface area (TPSA) is 0 Å². The molecule has 0 spiro atoms. The van der Waals surface area contributed by atoms with Gasteiger partial charge in [0.1, 0.15) is 11.7 Å². The Morgan fingerprint density at radius 2 is 1.77 bits per heavy atom. The summed E-state index contributed by atoms with van der Waals surface area (Å²) in [7, 11) is 0. The second kappa shape index (κ2) is 4.21. The van der Waals surface area contributed by atoms with Crippen molar-refractivity contribution in [2.24, 2.45) is 0 Å². The Labute approximate surface area is 70.2 Å². The van der Waals surface area contributed by atoms with Gasteiger partial charge in [-0.15, -0.1) is 12.3 Å². The van der Waals surface area contributed by atoms with Crippen molar-refractivity contribution in [3.63, 3.8) is 0 Å². The van der Waals surface area contributed by atoms with E-state index in [4.69, 9.17) is 0 Å². The molecule has 0 heterocycles. The Balaban J connectivity index is 4.89. The Kier molecular flexibility index (Phi) is 3.85. The molecule has 1 atom stereocenters. The molecule has 0 aliphatic heterocycles. The standard InChI is InChI=1S/C7H4F6/c1-2-3-4(8)5(6(9)10)7(11,12)13/h1,4H,3H2. The summed E-state index contributed by atoms with van der Waals surface area (Å²) < 4.78 is 70.7. The molecule has 0 aliphatic carbocycles. The van der Waals surface area contributed by atoms with Crippen molar-refractivity contribution >= 4 is 0 Å². The fourth-order valence-corrected chi connectivity index (χ4v) is 0.609. The van der Waals surface area contributed by atoms with Gasteiger partial charge < -0.3 is 0 Å². The number of allylic oxidation sites excluding steroid dienone is 1. The van der Waals surface area contributed by atoms with Crippen molar-refractivity contribution < 1.29 is 26.3 Å². The largest absolute Gasteiger partial charge is 0.420 e. The highest BCUT2D eigenvalue weighted by atomic mass is 19.4. The highest BCUT2D eigenvalue weighted by Crippen LogP contribution is 2.34. The van der Waals surface area contributed by atoms with Crippen molar-refractivity contribution in [2.75, 3.05) is 0 Å². The van der Waals surface area contributed by atoms with Gasteiger partial charge in [0.05, 0.1) is 0 Å². The average molecular weight is 202 g/mol. The van der Waals surface area contributed by atoms with Crippen LogP contribution in [0.4, 0.5) is 26.3 Å². The van der Waals surface area contributed by atoms with Gasteiger partial charge in [0.25, 0.3) is 6.08 Å². The number of rotatable bonds is 2. The van der Waals surface area contributed by atoms with Gasteiger partial charge in [-0.25, -0.2) is 4.39 Å². The molecule has 6 heteroatoms. The Bertz CT molecular complexity index is 239. The predicted molar refractivity (Wildman–Crippen MR) is 33.6 cm³/mol. The highest BCUT2D eigenvalue weighted by Gasteiger charge is 2.42. The van der Waals surface area contributed by atoms with E-state index in [0.717, 1.165) is 0 Å². The van der Waals surface area contributed by atoms with E-state index in [9.17, 15) is 26.3 Å². The van der Waals surface area contributed by atoms with E-state index < -0.39 is 30.4 Å². The molecule has 0 N–H and O–H groups in total. The van der Waals surface area contributed by atoms with Gasteiger partial charge in [-0.1, -0.05) is 0 Å². The summed E-state index contributed by atoms with van der Waals surface area (Å²) in [5, 5.41) is 0. The lowest BCUT2D eigenvalue weighted by Crippen LogP contribution is -2.21. The number of alkyl halides is 4. The van der Waals surface area contributed by atoms with Gasteiger partial charge in [0.15, 0.2) is 0 Å². The van der Waals surface area contributed by atoms with Crippen LogP contribution in [-0.4, -0.2) is 12.3 Å². The van der Waals surface area contributed by atoms with E-state index >= 15 is 0 Å². The number of terminal acetylenes is 1. The van der Waals surface area contributed by atoms with E-state index in [0.29, 0.717) is 0 Å². The molecule has 0 saturated carbocycles. The summed E-state index contributed by atoms with van der Waals surface area (Å²) in [4.78, 5) is 0. The minimum absolute atomic E-state index is 1.02. The quantitative estimate of drug-likeness (QED) is 0.476. The van der Waals surface area contributed by atoms with E-state index in [2.05, 4.69) is 6.42 Å². The average Bonchev–Trinajstić information content (AvgIpc) is 1.82. The number of halogens is 6. The number of hydrogen-bond donors (Lipinski definition) is 0. The molecule has 0 fully saturated rings. The fourth-order valence-electron chi connectivity index (χ4n) is 0.609. The van der Waals surface area contributed by atoms with Gasteiger partial charge >= 0.3 is 6.18 Å². The van der Waals surface area contributed by atoms with Gasteiger partial charge in [0.2, 0.25) is 0 Å². The lowest BCUT2D eigenvalue weighted by molar-refractivity contribution is -0.104. The summed E-state index contributed by atoms with van der Waals surface area (Å²) >= 11 is 0. The van der Waals surface area contributed by atoms with Gasteiger partial charge in [-0.2, -0.15) is 22.0 Å². The molecule has 0 aromatic heterocycles. The Morgan fingerprint density at radius 3 is 2.00 bits per heavy atom. The zero-order valence-electron chi connectivity index (χ0n) is 6.13. The molecule has 13 heavy (non-hydrogen) atoms. The third-order valence-corrected chi connectivity index (χ3v) is 1.12. The normalized spacial score (nSPS) is 13.3. The lowest BCUT2D eigenvalue weighted by Gasteiger charge is -2.12. The highest BCUT2D eigenvalue weighted by molar-refractivity contribution is 5.17. The van der Waals surface area contributed by atoms with Crippen molar-refractivity contribution in [3.05, 3.63) is 11.7 Å². The predicted octanol–water partition coefficient (Wildman–Crippen LogP) is 3.06. The van der Waals surface area contributed by atoms with Crippen LogP contribution >= 0.6 is 0 Å². The van der Waals surface area contributed by atoms with E-state index in [1.54, 1.807) is 0 Å². The van der Waals surface area contributed by atoms with Gasteiger partial charge in [0, 0.05) is 6.42 Å². The summed E-state index contributed by atoms with van der Waals surface area (Å²) in [6, 6.07) is 0. The van der Waals surface area contributed by atoms with Crippen LogP contribution < -0.4 is 0 Å². The lowest BCUT2D eigenvalue weighted by atomic mass is 10.1. The van der Waals surface area contributed by atoms with E-state index in [-0.39, 0.29) is 0 Å². The van der Waals surface area contributed by atoms with Crippen molar-refractivity contribution in [3.8, 4) is 12.3 Å². The monoisotopic (exact) mass is 202 g/mol. The van der Waals surface area contributed by atoms with Crippen LogP contribution in [0.3, 0.4) is 0 Å². The van der Waals surface area contributed by atoms with Gasteiger partial charge in [-0.3, -0.25) is 0 Å². The van der Waals surface area contributed by atoms with Crippen LogP contribution in [0.2, 0.25) is 0 Å². The zero-order valence-corrected chi connectivity index (χ0v) is 6.13. The molecule has 0 amide bonds. The molecule has 1 unspecified atom stereocenters. The molecule has 0 aromatic rings. The van der Waals surface area contributed by atoms with Crippen molar-refractivity contribution in [1.29, 1.82) is 0 Å². The summed E-state index contributed by atoms with van der Waals surface area (Å²) in [5.74, 6) is 1.53. The zero-order chi connectivity index (χ0) is 10.6. The first-order valence-electron chi connectivity index (χ1n) is 3.00. The maximum Gasteiger partial charge on any atom is 0.420 e. The maximum absolute atomic E-state index is 12.4. The maximum atomic E-state index is 12.4. The van der Waals surface area contributed by atoms with Crippen LogP contribution in [0, 0.1) is 12.3 Å². The summed E-state index contributed by atoms with van der Waals surface area (Å²) in [6.45, 7) is 0. The second-order valence-electron chi connectivity index (χ2n) is 2.05. The molecule has 0 saturated heterocycles. The fraction of sp³-hybridized carbons (Fsp3) is 0.429. The molecule has 74 valence electrons. The van der Waals surface area contributed by atoms with Crippen molar-refractivity contribution in [1.82, 2.24) is 0 Å². The molecule has 0 aromatic carbocycles. The first kappa shape index (κ1) is 11.9.